The average Bonchev–Trinajstić information content (AvgIpc) is 3.19. The molecule has 7 heteroatoms. The lowest BCUT2D eigenvalue weighted by molar-refractivity contribution is -0.137. The third-order valence-electron chi connectivity index (χ3n) is 3.25. The Morgan fingerprint density at radius 1 is 1.30 bits per heavy atom. The summed E-state index contributed by atoms with van der Waals surface area (Å²) in [6.07, 6.45) is -4.68. The number of amides is 1. The maximum atomic E-state index is 12.6. The van der Waals surface area contributed by atoms with Gasteiger partial charge in [-0.15, -0.1) is 0 Å². The molecule has 1 aromatic rings. The van der Waals surface area contributed by atoms with Gasteiger partial charge < -0.3 is 14.8 Å². The minimum Gasteiger partial charge on any atom is -0.444 e. The number of epoxide rings is 1. The maximum Gasteiger partial charge on any atom is 0.416 e. The van der Waals surface area contributed by atoms with Gasteiger partial charge >= 0.3 is 12.3 Å². The van der Waals surface area contributed by atoms with E-state index in [4.69, 9.17) is 9.47 Å². The normalized spacial score (nSPS) is 19.1. The SMILES string of the molecule is CC(C)(C)OC(=O)N[C@@H](Cc1ccc(C(F)(F)F)cc1)C1CO1. The molecule has 0 aliphatic carbocycles. The largest absolute Gasteiger partial charge is 0.444 e. The lowest BCUT2D eigenvalue weighted by Crippen LogP contribution is -2.43. The summed E-state index contributed by atoms with van der Waals surface area (Å²) in [5, 5.41) is 2.72. The van der Waals surface area contributed by atoms with Gasteiger partial charge in [-0.1, -0.05) is 12.1 Å². The van der Waals surface area contributed by atoms with Gasteiger partial charge in [0, 0.05) is 0 Å². The summed E-state index contributed by atoms with van der Waals surface area (Å²) in [6.45, 7) is 5.78. The second kappa shape index (κ2) is 6.39. The van der Waals surface area contributed by atoms with E-state index in [1.54, 1.807) is 20.8 Å². The smallest absolute Gasteiger partial charge is 0.416 e. The van der Waals surface area contributed by atoms with Crippen LogP contribution < -0.4 is 5.32 Å². The van der Waals surface area contributed by atoms with Crippen molar-refractivity contribution >= 4 is 6.09 Å². The second-order valence-corrected chi connectivity index (χ2v) is 6.52. The van der Waals surface area contributed by atoms with E-state index in [1.165, 1.54) is 12.1 Å². The summed E-state index contributed by atoms with van der Waals surface area (Å²) in [5.74, 6) is 0. The number of ether oxygens (including phenoxy) is 2. The minimum atomic E-state index is -4.35. The van der Waals surface area contributed by atoms with Crippen LogP contribution in [0.2, 0.25) is 0 Å². The quantitative estimate of drug-likeness (QED) is 0.859. The van der Waals surface area contributed by atoms with E-state index in [1.807, 2.05) is 0 Å². The Morgan fingerprint density at radius 3 is 2.30 bits per heavy atom. The van der Waals surface area contributed by atoms with Gasteiger partial charge in [0.1, 0.15) is 11.7 Å². The molecule has 1 aliphatic heterocycles. The van der Waals surface area contributed by atoms with Crippen LogP contribution in [0.15, 0.2) is 24.3 Å². The fourth-order valence-corrected chi connectivity index (χ4v) is 2.11. The highest BCUT2D eigenvalue weighted by Crippen LogP contribution is 2.29. The van der Waals surface area contributed by atoms with E-state index < -0.39 is 23.4 Å². The first kappa shape index (κ1) is 17.6. The molecule has 0 radical (unpaired) electrons. The predicted molar refractivity (Wildman–Crippen MR) is 78.0 cm³/mol. The van der Waals surface area contributed by atoms with Crippen LogP contribution in [0.3, 0.4) is 0 Å². The van der Waals surface area contributed by atoms with E-state index >= 15 is 0 Å². The lowest BCUT2D eigenvalue weighted by Gasteiger charge is -2.23. The number of rotatable bonds is 4. The monoisotopic (exact) mass is 331 g/mol. The summed E-state index contributed by atoms with van der Waals surface area (Å²) in [5.41, 5.74) is -0.622. The molecular formula is C16H20F3NO3. The number of halogens is 3. The molecule has 1 fully saturated rings. The summed E-state index contributed by atoms with van der Waals surface area (Å²) in [6, 6.07) is 4.56. The Bertz CT molecular complexity index is 545. The molecule has 128 valence electrons. The van der Waals surface area contributed by atoms with E-state index in [0.717, 1.165) is 12.1 Å². The van der Waals surface area contributed by atoms with Gasteiger partial charge in [0.05, 0.1) is 18.2 Å². The zero-order valence-electron chi connectivity index (χ0n) is 13.2. The first-order valence-corrected chi connectivity index (χ1v) is 7.32. The number of carbonyl (C=O) groups excluding carboxylic acids is 1. The Labute approximate surface area is 133 Å². The Morgan fingerprint density at radius 2 is 1.87 bits per heavy atom. The second-order valence-electron chi connectivity index (χ2n) is 6.52. The van der Waals surface area contributed by atoms with Crippen molar-refractivity contribution in [1.29, 1.82) is 0 Å². The van der Waals surface area contributed by atoms with Crippen molar-refractivity contribution in [2.24, 2.45) is 0 Å². The summed E-state index contributed by atoms with van der Waals surface area (Å²) >= 11 is 0. The van der Waals surface area contributed by atoms with Crippen molar-refractivity contribution in [3.63, 3.8) is 0 Å². The van der Waals surface area contributed by atoms with Crippen LogP contribution in [0.25, 0.3) is 0 Å². The van der Waals surface area contributed by atoms with Crippen molar-refractivity contribution in [2.45, 2.75) is 51.1 Å². The zero-order valence-corrected chi connectivity index (χ0v) is 13.2. The predicted octanol–water partition coefficient (Wildman–Crippen LogP) is 3.54. The first-order chi connectivity index (χ1) is 10.5. The van der Waals surface area contributed by atoms with Crippen LogP contribution in [0, 0.1) is 0 Å². The molecule has 2 rings (SSSR count). The van der Waals surface area contributed by atoms with Crippen LogP contribution in [-0.2, 0) is 22.1 Å². The van der Waals surface area contributed by atoms with Gasteiger partial charge in [0.15, 0.2) is 0 Å². The van der Waals surface area contributed by atoms with Crippen molar-refractivity contribution in [2.75, 3.05) is 6.61 Å². The summed E-state index contributed by atoms with van der Waals surface area (Å²) in [4.78, 5) is 11.8. The van der Waals surface area contributed by atoms with Gasteiger partial charge in [-0.2, -0.15) is 13.2 Å². The van der Waals surface area contributed by atoms with Crippen LogP contribution >= 0.6 is 0 Å². The molecule has 23 heavy (non-hydrogen) atoms. The molecule has 0 aromatic heterocycles. The number of hydrogen-bond donors (Lipinski definition) is 1. The van der Waals surface area contributed by atoms with Crippen LogP contribution in [0.1, 0.15) is 31.9 Å². The maximum absolute atomic E-state index is 12.6. The van der Waals surface area contributed by atoms with Crippen LogP contribution in [0.4, 0.5) is 18.0 Å². The minimum absolute atomic E-state index is 0.134. The number of alkyl halides is 3. The van der Waals surface area contributed by atoms with E-state index in [0.29, 0.717) is 18.6 Å². The Balaban J connectivity index is 1.98. The Hall–Kier alpha value is -1.76. The molecule has 0 bridgehead atoms. The van der Waals surface area contributed by atoms with Crippen molar-refractivity contribution in [1.82, 2.24) is 5.32 Å². The lowest BCUT2D eigenvalue weighted by atomic mass is 10.0. The summed E-state index contributed by atoms with van der Waals surface area (Å²) < 4.78 is 48.1. The van der Waals surface area contributed by atoms with Crippen LogP contribution in [-0.4, -0.2) is 30.4 Å². The topological polar surface area (TPSA) is 50.9 Å². The molecule has 0 saturated carbocycles. The highest BCUT2D eigenvalue weighted by Gasteiger charge is 2.35. The van der Waals surface area contributed by atoms with E-state index in [2.05, 4.69) is 5.32 Å². The molecule has 1 saturated heterocycles. The van der Waals surface area contributed by atoms with Crippen LogP contribution in [0.5, 0.6) is 0 Å². The highest BCUT2D eigenvalue weighted by atomic mass is 19.4. The molecular weight excluding hydrogens is 311 g/mol. The van der Waals surface area contributed by atoms with E-state index in [-0.39, 0.29) is 12.1 Å². The third kappa shape index (κ3) is 5.74. The van der Waals surface area contributed by atoms with Crippen molar-refractivity contribution in [3.05, 3.63) is 35.4 Å². The number of alkyl carbamates (subject to hydrolysis) is 1. The molecule has 1 unspecified atom stereocenters. The molecule has 1 N–H and O–H groups in total. The van der Waals surface area contributed by atoms with Crippen molar-refractivity contribution in [3.8, 4) is 0 Å². The molecule has 1 aromatic carbocycles. The molecule has 4 nitrogen and oxygen atoms in total. The highest BCUT2D eigenvalue weighted by molar-refractivity contribution is 5.68. The molecule has 0 spiro atoms. The zero-order chi connectivity index (χ0) is 17.3. The standard InChI is InChI=1S/C16H20F3NO3/c1-15(2,3)23-14(21)20-12(13-9-22-13)8-10-4-6-11(7-5-10)16(17,18)19/h4-7,12-13H,8-9H2,1-3H3,(H,20,21)/t12-,13?/m0/s1. The third-order valence-corrected chi connectivity index (χ3v) is 3.25. The van der Waals surface area contributed by atoms with E-state index in [9.17, 15) is 18.0 Å². The molecule has 2 atom stereocenters. The number of nitrogens with one attached hydrogen (secondary N) is 1. The summed E-state index contributed by atoms with van der Waals surface area (Å²) in [7, 11) is 0. The molecule has 1 aliphatic rings. The number of benzene rings is 1. The fourth-order valence-electron chi connectivity index (χ4n) is 2.11. The van der Waals surface area contributed by atoms with Gasteiger partial charge in [-0.25, -0.2) is 4.79 Å². The van der Waals surface area contributed by atoms with Gasteiger partial charge in [0.25, 0.3) is 0 Å². The van der Waals surface area contributed by atoms with Gasteiger partial charge in [-0.05, 0) is 44.9 Å². The van der Waals surface area contributed by atoms with Gasteiger partial charge in [-0.3, -0.25) is 0 Å². The first-order valence-electron chi connectivity index (χ1n) is 7.32. The average molecular weight is 331 g/mol. The van der Waals surface area contributed by atoms with Crippen molar-refractivity contribution < 1.29 is 27.4 Å². The fraction of sp³-hybridized carbons (Fsp3) is 0.562. The molecule has 1 amide bonds. The number of carbonyl (C=O) groups is 1. The Kier molecular flexibility index (Phi) is 4.89. The van der Waals surface area contributed by atoms with Gasteiger partial charge in [0.2, 0.25) is 0 Å². The number of hydrogen-bond acceptors (Lipinski definition) is 3. The molecule has 1 heterocycles.